The molecule has 0 aromatic carbocycles. The molecule has 114 valence electrons. The highest BCUT2D eigenvalue weighted by molar-refractivity contribution is 6.32. The maximum absolute atomic E-state index is 12.1. The molecule has 1 heterocycles. The molecule has 21 heavy (non-hydrogen) atoms. The minimum absolute atomic E-state index is 0.0381. The van der Waals surface area contributed by atoms with E-state index in [4.69, 9.17) is 11.6 Å². The summed E-state index contributed by atoms with van der Waals surface area (Å²) in [6.07, 6.45) is 5.87. The molecular formula is C14H18ClN3O3. The third-order valence-corrected chi connectivity index (χ3v) is 4.18. The first-order valence-corrected chi connectivity index (χ1v) is 7.44. The normalized spacial score (nSPS) is 21.8. The summed E-state index contributed by atoms with van der Waals surface area (Å²) in [5, 5.41) is 13.5. The van der Waals surface area contributed by atoms with Crippen LogP contribution in [0.4, 0.5) is 5.69 Å². The van der Waals surface area contributed by atoms with E-state index in [2.05, 4.69) is 17.2 Å². The van der Waals surface area contributed by atoms with Gasteiger partial charge in [0, 0.05) is 12.7 Å². The molecule has 2 unspecified atom stereocenters. The first-order chi connectivity index (χ1) is 9.99. The maximum Gasteiger partial charge on any atom is 0.319 e. The van der Waals surface area contributed by atoms with E-state index in [1.165, 1.54) is 25.1 Å². The molecule has 1 N–H and O–H groups in total. The Morgan fingerprint density at radius 1 is 1.57 bits per heavy atom. The van der Waals surface area contributed by atoms with E-state index in [0.29, 0.717) is 18.4 Å². The van der Waals surface area contributed by atoms with E-state index in [-0.39, 0.29) is 10.7 Å². The molecule has 2 rings (SSSR count). The number of halogens is 1. The minimum atomic E-state index is -0.674. The van der Waals surface area contributed by atoms with Crippen LogP contribution < -0.4 is 5.32 Å². The highest BCUT2D eigenvalue weighted by Crippen LogP contribution is 2.29. The summed E-state index contributed by atoms with van der Waals surface area (Å²) in [7, 11) is 0. The van der Waals surface area contributed by atoms with Crippen molar-refractivity contribution in [1.29, 1.82) is 0 Å². The van der Waals surface area contributed by atoms with Gasteiger partial charge >= 0.3 is 5.69 Å². The molecule has 2 atom stereocenters. The van der Waals surface area contributed by atoms with Crippen molar-refractivity contribution in [1.82, 2.24) is 10.3 Å². The zero-order chi connectivity index (χ0) is 15.4. The van der Waals surface area contributed by atoms with Crippen molar-refractivity contribution in [3.63, 3.8) is 0 Å². The van der Waals surface area contributed by atoms with Crippen LogP contribution in [-0.4, -0.2) is 22.4 Å². The summed E-state index contributed by atoms with van der Waals surface area (Å²) < 4.78 is 0. The van der Waals surface area contributed by atoms with E-state index in [1.54, 1.807) is 0 Å². The quantitative estimate of drug-likeness (QED) is 0.525. The number of amides is 1. The maximum atomic E-state index is 12.1. The Labute approximate surface area is 128 Å². The monoisotopic (exact) mass is 311 g/mol. The van der Waals surface area contributed by atoms with Crippen molar-refractivity contribution in [3.8, 4) is 0 Å². The number of hydrogen-bond donors (Lipinski definition) is 1. The molecule has 0 saturated heterocycles. The van der Waals surface area contributed by atoms with Gasteiger partial charge in [-0.1, -0.05) is 31.4 Å². The second-order valence-corrected chi connectivity index (χ2v) is 5.96. The Morgan fingerprint density at radius 3 is 3.00 bits per heavy atom. The molecule has 0 bridgehead atoms. The van der Waals surface area contributed by atoms with Crippen LogP contribution in [0, 0.1) is 22.0 Å². The molecular weight excluding hydrogens is 294 g/mol. The molecule has 7 heteroatoms. The number of nitrogens with one attached hydrogen (secondary N) is 1. The first kappa shape index (κ1) is 15.7. The smallest absolute Gasteiger partial charge is 0.319 e. The van der Waals surface area contributed by atoms with Gasteiger partial charge in [-0.15, -0.1) is 0 Å². The Bertz CT molecular complexity index is 550. The molecule has 6 nitrogen and oxygen atoms in total. The number of aromatic nitrogens is 1. The van der Waals surface area contributed by atoms with E-state index in [9.17, 15) is 14.9 Å². The van der Waals surface area contributed by atoms with E-state index in [1.807, 2.05) is 0 Å². The number of carbonyl (C=O) groups excluding carboxylic acids is 1. The fourth-order valence-electron chi connectivity index (χ4n) is 2.86. The van der Waals surface area contributed by atoms with Gasteiger partial charge in [0.2, 0.25) is 5.15 Å². The Hall–Kier alpha value is -1.69. The SMILES string of the molecule is CC1CCCC(CNC(=O)c2ccnc(Cl)c2[N+](=O)[O-])C1. The van der Waals surface area contributed by atoms with Crippen LogP contribution in [0.3, 0.4) is 0 Å². The number of hydrogen-bond acceptors (Lipinski definition) is 4. The highest BCUT2D eigenvalue weighted by atomic mass is 35.5. The summed E-state index contributed by atoms with van der Waals surface area (Å²) >= 11 is 5.70. The lowest BCUT2D eigenvalue weighted by atomic mass is 9.82. The zero-order valence-electron chi connectivity index (χ0n) is 11.8. The van der Waals surface area contributed by atoms with Gasteiger partial charge in [-0.25, -0.2) is 4.98 Å². The standard InChI is InChI=1S/C14H18ClN3O3/c1-9-3-2-4-10(7-9)8-17-14(19)11-5-6-16-13(15)12(11)18(20)21/h5-6,9-10H,2-4,7-8H2,1H3,(H,17,19). The molecule has 1 aliphatic carbocycles. The topological polar surface area (TPSA) is 85.1 Å². The van der Waals surface area contributed by atoms with Crippen LogP contribution in [-0.2, 0) is 0 Å². The molecule has 1 fully saturated rings. The van der Waals surface area contributed by atoms with Gasteiger partial charge in [0.25, 0.3) is 5.91 Å². The van der Waals surface area contributed by atoms with Crippen LogP contribution in [0.25, 0.3) is 0 Å². The average Bonchev–Trinajstić information content (AvgIpc) is 2.44. The van der Waals surface area contributed by atoms with Gasteiger partial charge in [-0.2, -0.15) is 0 Å². The molecule has 0 aliphatic heterocycles. The van der Waals surface area contributed by atoms with Gasteiger partial charge in [0.15, 0.2) is 0 Å². The van der Waals surface area contributed by atoms with E-state index in [0.717, 1.165) is 12.8 Å². The molecule has 1 aromatic rings. The first-order valence-electron chi connectivity index (χ1n) is 7.06. The lowest BCUT2D eigenvalue weighted by Gasteiger charge is -2.26. The summed E-state index contributed by atoms with van der Waals surface area (Å²) in [5.74, 6) is 0.642. The van der Waals surface area contributed by atoms with Crippen LogP contribution in [0.5, 0.6) is 0 Å². The van der Waals surface area contributed by atoms with Crippen LogP contribution >= 0.6 is 11.6 Å². The summed E-state index contributed by atoms with van der Waals surface area (Å²) in [4.78, 5) is 26.1. The highest BCUT2D eigenvalue weighted by Gasteiger charge is 2.26. The number of nitro groups is 1. The fourth-order valence-corrected chi connectivity index (χ4v) is 3.09. The third-order valence-electron chi connectivity index (χ3n) is 3.90. The predicted octanol–water partition coefficient (Wildman–Crippen LogP) is 3.20. The number of rotatable bonds is 4. The van der Waals surface area contributed by atoms with Crippen molar-refractivity contribution in [2.45, 2.75) is 32.6 Å². The van der Waals surface area contributed by atoms with Crippen LogP contribution in [0.1, 0.15) is 43.0 Å². The summed E-state index contributed by atoms with van der Waals surface area (Å²) in [6.45, 7) is 2.75. The fraction of sp³-hybridized carbons (Fsp3) is 0.571. The lowest BCUT2D eigenvalue weighted by Crippen LogP contribution is -2.31. The van der Waals surface area contributed by atoms with E-state index >= 15 is 0 Å². The van der Waals surface area contributed by atoms with Crippen LogP contribution in [0.2, 0.25) is 5.15 Å². The molecule has 0 spiro atoms. The van der Waals surface area contributed by atoms with Crippen molar-refractivity contribution >= 4 is 23.2 Å². The van der Waals surface area contributed by atoms with Gasteiger partial charge < -0.3 is 5.32 Å². The number of pyridine rings is 1. The second kappa shape index (κ2) is 6.85. The molecule has 1 saturated carbocycles. The Balaban J connectivity index is 2.04. The lowest BCUT2D eigenvalue weighted by molar-refractivity contribution is -0.385. The number of nitrogens with zero attached hydrogens (tertiary/aromatic N) is 2. The Kier molecular flexibility index (Phi) is 5.12. The van der Waals surface area contributed by atoms with Gasteiger partial charge in [0.1, 0.15) is 5.56 Å². The van der Waals surface area contributed by atoms with Crippen molar-refractivity contribution in [3.05, 3.63) is 33.1 Å². The van der Waals surface area contributed by atoms with Crippen LogP contribution in [0.15, 0.2) is 12.3 Å². The molecule has 1 aliphatic rings. The van der Waals surface area contributed by atoms with Gasteiger partial charge in [-0.3, -0.25) is 14.9 Å². The van der Waals surface area contributed by atoms with Crippen molar-refractivity contribution < 1.29 is 9.72 Å². The minimum Gasteiger partial charge on any atom is -0.352 e. The predicted molar refractivity (Wildman–Crippen MR) is 79.4 cm³/mol. The van der Waals surface area contributed by atoms with Crippen molar-refractivity contribution in [2.24, 2.45) is 11.8 Å². The average molecular weight is 312 g/mol. The number of carbonyl (C=O) groups is 1. The molecule has 1 amide bonds. The van der Waals surface area contributed by atoms with E-state index < -0.39 is 16.5 Å². The van der Waals surface area contributed by atoms with Crippen molar-refractivity contribution in [2.75, 3.05) is 6.54 Å². The summed E-state index contributed by atoms with van der Waals surface area (Å²) in [5.41, 5.74) is -0.475. The van der Waals surface area contributed by atoms with Gasteiger partial charge in [0.05, 0.1) is 4.92 Å². The summed E-state index contributed by atoms with van der Waals surface area (Å²) in [6, 6.07) is 1.32. The molecule has 1 aromatic heterocycles. The third kappa shape index (κ3) is 3.91. The second-order valence-electron chi connectivity index (χ2n) is 5.60. The zero-order valence-corrected chi connectivity index (χ0v) is 12.6. The Morgan fingerprint density at radius 2 is 2.33 bits per heavy atom. The largest absolute Gasteiger partial charge is 0.352 e. The molecule has 0 radical (unpaired) electrons. The van der Waals surface area contributed by atoms with Gasteiger partial charge in [-0.05, 0) is 30.7 Å².